The first-order valence-electron chi connectivity index (χ1n) is 7.18. The molecule has 1 atom stereocenters. The van der Waals surface area contributed by atoms with Gasteiger partial charge >= 0.3 is 0 Å². The molecule has 0 spiro atoms. The Kier molecular flexibility index (Phi) is 4.95. The minimum absolute atomic E-state index is 0.485. The van der Waals surface area contributed by atoms with Gasteiger partial charge in [0.25, 0.3) is 0 Å². The number of aliphatic hydroxyl groups excluding tert-OH is 1. The van der Waals surface area contributed by atoms with Crippen LogP contribution in [-0.2, 0) is 0 Å². The Bertz CT molecular complexity index is 761. The third-order valence-corrected chi connectivity index (χ3v) is 4.42. The molecule has 0 saturated heterocycles. The van der Waals surface area contributed by atoms with Gasteiger partial charge in [0, 0.05) is 11.4 Å². The van der Waals surface area contributed by atoms with Crippen LogP contribution in [0.5, 0.6) is 5.75 Å². The molecule has 0 aliphatic carbocycles. The summed E-state index contributed by atoms with van der Waals surface area (Å²) in [5.74, 6) is 1.22. The zero-order valence-electron chi connectivity index (χ0n) is 12.7. The molecule has 0 bridgehead atoms. The van der Waals surface area contributed by atoms with Gasteiger partial charge in [-0.1, -0.05) is 42.1 Å². The second-order valence-corrected chi connectivity index (χ2v) is 5.91. The average Bonchev–Trinajstić information content (AvgIpc) is 3.09. The first kappa shape index (κ1) is 15.6. The van der Waals surface area contributed by atoms with Crippen LogP contribution in [0.15, 0.2) is 66.1 Å². The van der Waals surface area contributed by atoms with Crippen LogP contribution >= 0.6 is 11.8 Å². The fraction of sp³-hybridized carbons (Fsp3) is 0.176. The quantitative estimate of drug-likeness (QED) is 0.705. The number of thioether (sulfide) groups is 1. The Morgan fingerprint density at radius 1 is 1.17 bits per heavy atom. The number of para-hydroxylation sites is 1. The minimum Gasteiger partial charge on any atom is -0.497 e. The molecule has 2 aromatic carbocycles. The lowest BCUT2D eigenvalue weighted by molar-refractivity contribution is 0.203. The van der Waals surface area contributed by atoms with Crippen molar-refractivity contribution in [1.29, 1.82) is 0 Å². The van der Waals surface area contributed by atoms with Crippen molar-refractivity contribution in [1.82, 2.24) is 14.8 Å². The molecule has 5 nitrogen and oxygen atoms in total. The van der Waals surface area contributed by atoms with Crippen molar-refractivity contribution in [2.24, 2.45) is 0 Å². The van der Waals surface area contributed by atoms with Crippen LogP contribution in [0, 0.1) is 0 Å². The number of hydrogen-bond donors (Lipinski definition) is 1. The van der Waals surface area contributed by atoms with Crippen molar-refractivity contribution < 1.29 is 9.84 Å². The Hall–Kier alpha value is -2.31. The fourth-order valence-corrected chi connectivity index (χ4v) is 3.08. The number of nitrogens with zero attached hydrogens (tertiary/aromatic N) is 3. The van der Waals surface area contributed by atoms with Crippen LogP contribution in [0.25, 0.3) is 5.69 Å². The average molecular weight is 327 g/mol. The summed E-state index contributed by atoms with van der Waals surface area (Å²) in [4.78, 5) is 0. The van der Waals surface area contributed by atoms with Crippen molar-refractivity contribution in [3.8, 4) is 11.4 Å². The molecular weight excluding hydrogens is 310 g/mol. The van der Waals surface area contributed by atoms with Gasteiger partial charge in [0.2, 0.25) is 0 Å². The monoisotopic (exact) mass is 327 g/mol. The van der Waals surface area contributed by atoms with Gasteiger partial charge in [-0.25, -0.2) is 0 Å². The fourth-order valence-electron chi connectivity index (χ4n) is 2.19. The third-order valence-electron chi connectivity index (χ3n) is 3.40. The number of hydrogen-bond acceptors (Lipinski definition) is 5. The van der Waals surface area contributed by atoms with Crippen LogP contribution in [0.3, 0.4) is 0 Å². The van der Waals surface area contributed by atoms with Gasteiger partial charge in [0.1, 0.15) is 12.1 Å². The predicted octanol–water partition coefficient (Wildman–Crippen LogP) is 3.10. The molecule has 1 aromatic heterocycles. The molecule has 118 valence electrons. The van der Waals surface area contributed by atoms with E-state index in [4.69, 9.17) is 4.74 Å². The maximum Gasteiger partial charge on any atom is 0.195 e. The highest BCUT2D eigenvalue weighted by molar-refractivity contribution is 7.99. The number of aliphatic hydroxyl groups is 1. The zero-order valence-corrected chi connectivity index (χ0v) is 13.5. The number of aromatic nitrogens is 3. The van der Waals surface area contributed by atoms with E-state index in [0.717, 1.165) is 22.2 Å². The van der Waals surface area contributed by atoms with Crippen molar-refractivity contribution in [2.75, 3.05) is 12.9 Å². The lowest BCUT2D eigenvalue weighted by Gasteiger charge is -2.12. The Morgan fingerprint density at radius 3 is 2.78 bits per heavy atom. The topological polar surface area (TPSA) is 60.2 Å². The van der Waals surface area contributed by atoms with Crippen LogP contribution in [0.1, 0.15) is 11.7 Å². The highest BCUT2D eigenvalue weighted by atomic mass is 32.2. The van der Waals surface area contributed by atoms with Crippen molar-refractivity contribution >= 4 is 11.8 Å². The summed E-state index contributed by atoms with van der Waals surface area (Å²) in [6, 6.07) is 17.3. The zero-order chi connectivity index (χ0) is 16.1. The molecule has 3 aromatic rings. The van der Waals surface area contributed by atoms with E-state index in [9.17, 15) is 5.11 Å². The summed E-state index contributed by atoms with van der Waals surface area (Å²) >= 11 is 1.46. The van der Waals surface area contributed by atoms with E-state index in [-0.39, 0.29) is 0 Å². The second kappa shape index (κ2) is 7.30. The molecule has 23 heavy (non-hydrogen) atoms. The minimum atomic E-state index is -0.601. The van der Waals surface area contributed by atoms with E-state index in [0.29, 0.717) is 5.75 Å². The van der Waals surface area contributed by atoms with E-state index in [1.807, 2.05) is 59.2 Å². The molecule has 6 heteroatoms. The standard InChI is InChI=1S/C17H17N3O2S/c1-22-15-9-5-6-13(10-15)16(21)11-23-17-19-18-12-20(17)14-7-3-2-4-8-14/h2-10,12,16,21H,11H2,1H3. The van der Waals surface area contributed by atoms with Gasteiger partial charge in [-0.15, -0.1) is 10.2 Å². The van der Waals surface area contributed by atoms with Gasteiger partial charge < -0.3 is 9.84 Å². The van der Waals surface area contributed by atoms with Crippen LogP contribution in [0.4, 0.5) is 0 Å². The third kappa shape index (κ3) is 3.72. The molecular formula is C17H17N3O2S. The predicted molar refractivity (Wildman–Crippen MR) is 90.0 cm³/mol. The maximum absolute atomic E-state index is 10.4. The highest BCUT2D eigenvalue weighted by Crippen LogP contribution is 2.26. The normalized spacial score (nSPS) is 12.1. The molecule has 0 fully saturated rings. The Morgan fingerprint density at radius 2 is 2.00 bits per heavy atom. The smallest absolute Gasteiger partial charge is 0.195 e. The summed E-state index contributed by atoms with van der Waals surface area (Å²) < 4.78 is 7.09. The molecule has 1 heterocycles. The van der Waals surface area contributed by atoms with E-state index in [1.165, 1.54) is 11.8 Å². The van der Waals surface area contributed by atoms with Crippen molar-refractivity contribution in [2.45, 2.75) is 11.3 Å². The molecule has 0 radical (unpaired) electrons. The first-order chi connectivity index (χ1) is 11.3. The van der Waals surface area contributed by atoms with Gasteiger partial charge in [-0.3, -0.25) is 4.57 Å². The summed E-state index contributed by atoms with van der Waals surface area (Å²) in [6.45, 7) is 0. The van der Waals surface area contributed by atoms with E-state index in [1.54, 1.807) is 13.4 Å². The number of methoxy groups -OCH3 is 1. The number of benzene rings is 2. The number of rotatable bonds is 6. The molecule has 0 aliphatic heterocycles. The highest BCUT2D eigenvalue weighted by Gasteiger charge is 2.13. The largest absolute Gasteiger partial charge is 0.497 e. The van der Waals surface area contributed by atoms with Gasteiger partial charge in [0.05, 0.1) is 13.2 Å². The Labute approximate surface area is 138 Å². The van der Waals surface area contributed by atoms with Crippen molar-refractivity contribution in [3.63, 3.8) is 0 Å². The lowest BCUT2D eigenvalue weighted by Crippen LogP contribution is -2.03. The summed E-state index contributed by atoms with van der Waals surface area (Å²) in [7, 11) is 1.61. The van der Waals surface area contributed by atoms with Gasteiger partial charge in [-0.2, -0.15) is 0 Å². The van der Waals surface area contributed by atoms with Crippen molar-refractivity contribution in [3.05, 3.63) is 66.5 Å². The molecule has 0 saturated carbocycles. The Balaban J connectivity index is 1.70. The van der Waals surface area contributed by atoms with Gasteiger partial charge in [0.15, 0.2) is 5.16 Å². The SMILES string of the molecule is COc1cccc(C(O)CSc2nncn2-c2ccccc2)c1. The van der Waals surface area contributed by atoms with E-state index >= 15 is 0 Å². The molecule has 3 rings (SSSR count). The second-order valence-electron chi connectivity index (χ2n) is 4.92. The molecule has 1 unspecified atom stereocenters. The van der Waals surface area contributed by atoms with Crippen LogP contribution in [0.2, 0.25) is 0 Å². The van der Waals surface area contributed by atoms with E-state index in [2.05, 4.69) is 10.2 Å². The van der Waals surface area contributed by atoms with E-state index < -0.39 is 6.10 Å². The maximum atomic E-state index is 10.4. The van der Waals surface area contributed by atoms with Crippen LogP contribution in [-0.4, -0.2) is 32.7 Å². The lowest BCUT2D eigenvalue weighted by atomic mass is 10.1. The molecule has 0 aliphatic rings. The van der Waals surface area contributed by atoms with Gasteiger partial charge in [-0.05, 0) is 29.8 Å². The van der Waals surface area contributed by atoms with Crippen LogP contribution < -0.4 is 4.74 Å². The summed E-state index contributed by atoms with van der Waals surface area (Å²) in [5.41, 5.74) is 1.82. The number of ether oxygens (including phenoxy) is 1. The molecule has 0 amide bonds. The first-order valence-corrected chi connectivity index (χ1v) is 8.17. The molecule has 1 N–H and O–H groups in total. The summed E-state index contributed by atoms with van der Waals surface area (Å²) in [6.07, 6.45) is 1.08. The summed E-state index contributed by atoms with van der Waals surface area (Å²) in [5, 5.41) is 19.2.